The highest BCUT2D eigenvalue weighted by atomic mass is 19.2. The SMILES string of the molecule is CCN(F)[C@@H](CCCN)C(=O)O. The first-order valence-electron chi connectivity index (χ1n) is 3.98. The van der Waals surface area contributed by atoms with Gasteiger partial charge in [0.05, 0.1) is 0 Å². The predicted octanol–water partition coefficient (Wildman–Crippen LogP) is 0.385. The van der Waals surface area contributed by atoms with E-state index in [9.17, 15) is 9.28 Å². The first kappa shape index (κ1) is 11.3. The Kier molecular flexibility index (Phi) is 5.57. The highest BCUT2D eigenvalue weighted by molar-refractivity contribution is 5.73. The van der Waals surface area contributed by atoms with Crippen molar-refractivity contribution in [3.05, 3.63) is 0 Å². The highest BCUT2D eigenvalue weighted by Gasteiger charge is 2.23. The van der Waals surface area contributed by atoms with Crippen molar-refractivity contribution >= 4 is 5.97 Å². The van der Waals surface area contributed by atoms with E-state index < -0.39 is 12.0 Å². The lowest BCUT2D eigenvalue weighted by atomic mass is 10.1. The molecular weight excluding hydrogens is 163 g/mol. The van der Waals surface area contributed by atoms with Crippen LogP contribution in [0.5, 0.6) is 0 Å². The number of aliphatic carboxylic acids is 1. The van der Waals surface area contributed by atoms with Gasteiger partial charge < -0.3 is 10.8 Å². The summed E-state index contributed by atoms with van der Waals surface area (Å²) in [5.74, 6) is -1.13. The number of rotatable bonds is 6. The van der Waals surface area contributed by atoms with Gasteiger partial charge in [-0.25, -0.2) is 0 Å². The molecule has 0 unspecified atom stereocenters. The molecule has 0 rings (SSSR count). The lowest BCUT2D eigenvalue weighted by Crippen LogP contribution is -2.35. The van der Waals surface area contributed by atoms with E-state index >= 15 is 0 Å². The summed E-state index contributed by atoms with van der Waals surface area (Å²) in [6.07, 6.45) is 0.785. The van der Waals surface area contributed by atoms with E-state index in [1.165, 1.54) is 0 Å². The van der Waals surface area contributed by atoms with Crippen LogP contribution in [0.4, 0.5) is 4.48 Å². The van der Waals surface area contributed by atoms with Gasteiger partial charge in [-0.1, -0.05) is 0 Å². The fraction of sp³-hybridized carbons (Fsp3) is 0.857. The molecule has 0 aliphatic rings. The number of halogens is 1. The van der Waals surface area contributed by atoms with E-state index in [1.54, 1.807) is 6.92 Å². The molecule has 72 valence electrons. The molecule has 0 bridgehead atoms. The molecule has 12 heavy (non-hydrogen) atoms. The Morgan fingerprint density at radius 2 is 2.33 bits per heavy atom. The van der Waals surface area contributed by atoms with Crippen LogP contribution in [0, 0.1) is 0 Å². The van der Waals surface area contributed by atoms with Gasteiger partial charge in [0.15, 0.2) is 0 Å². The molecule has 0 aliphatic carbocycles. The van der Waals surface area contributed by atoms with E-state index in [-0.39, 0.29) is 13.0 Å². The van der Waals surface area contributed by atoms with Crippen LogP contribution >= 0.6 is 0 Å². The summed E-state index contributed by atoms with van der Waals surface area (Å²) in [5.41, 5.74) is 5.18. The van der Waals surface area contributed by atoms with E-state index in [2.05, 4.69) is 0 Å². The van der Waals surface area contributed by atoms with Crippen molar-refractivity contribution in [2.75, 3.05) is 13.1 Å². The zero-order valence-electron chi connectivity index (χ0n) is 7.16. The van der Waals surface area contributed by atoms with E-state index in [0.29, 0.717) is 18.1 Å². The smallest absolute Gasteiger partial charge is 0.323 e. The molecule has 0 amide bonds. The Labute approximate surface area is 71.1 Å². The Bertz CT molecular complexity index is 143. The van der Waals surface area contributed by atoms with Crippen molar-refractivity contribution in [2.45, 2.75) is 25.8 Å². The maximum atomic E-state index is 12.8. The fourth-order valence-corrected chi connectivity index (χ4v) is 0.915. The molecule has 0 radical (unpaired) electrons. The van der Waals surface area contributed by atoms with Gasteiger partial charge in [-0.2, -0.15) is 0 Å². The van der Waals surface area contributed by atoms with Gasteiger partial charge in [0.1, 0.15) is 6.04 Å². The molecule has 3 N–H and O–H groups in total. The van der Waals surface area contributed by atoms with Crippen LogP contribution in [0.15, 0.2) is 0 Å². The third-order valence-electron chi connectivity index (χ3n) is 1.61. The minimum atomic E-state index is -1.13. The second kappa shape index (κ2) is 5.91. The Hall–Kier alpha value is -0.680. The molecule has 0 aromatic heterocycles. The molecule has 0 saturated heterocycles. The number of hydrogen-bond donors (Lipinski definition) is 2. The maximum Gasteiger partial charge on any atom is 0.323 e. The average Bonchev–Trinajstić information content (AvgIpc) is 2.04. The standard InChI is InChI=1S/C7H15FN2O2/c1-2-10(8)6(7(11)12)4-3-5-9/h6H,2-5,9H2,1H3,(H,11,12)/t6-/m0/s1. The van der Waals surface area contributed by atoms with Gasteiger partial charge in [-0.05, 0) is 26.3 Å². The van der Waals surface area contributed by atoms with Crippen LogP contribution in [-0.2, 0) is 4.79 Å². The van der Waals surface area contributed by atoms with Crippen LogP contribution in [0.1, 0.15) is 19.8 Å². The number of carbonyl (C=O) groups is 1. The molecule has 0 saturated carbocycles. The van der Waals surface area contributed by atoms with Gasteiger partial charge in [-0.3, -0.25) is 4.79 Å². The molecular formula is C7H15FN2O2. The number of nitrogens with zero attached hydrogens (tertiary/aromatic N) is 1. The molecule has 4 nitrogen and oxygen atoms in total. The zero-order chi connectivity index (χ0) is 9.56. The molecule has 0 heterocycles. The Balaban J connectivity index is 3.94. The third-order valence-corrected chi connectivity index (χ3v) is 1.61. The zero-order valence-corrected chi connectivity index (χ0v) is 7.16. The maximum absolute atomic E-state index is 12.8. The molecule has 5 heteroatoms. The van der Waals surface area contributed by atoms with Crippen molar-refractivity contribution in [2.24, 2.45) is 5.73 Å². The number of hydrogen-bond acceptors (Lipinski definition) is 3. The highest BCUT2D eigenvalue weighted by Crippen LogP contribution is 2.07. The second-order valence-electron chi connectivity index (χ2n) is 2.50. The first-order valence-corrected chi connectivity index (χ1v) is 3.98. The van der Waals surface area contributed by atoms with Gasteiger partial charge in [0.2, 0.25) is 0 Å². The monoisotopic (exact) mass is 178 g/mol. The van der Waals surface area contributed by atoms with Crippen molar-refractivity contribution in [3.63, 3.8) is 0 Å². The fourth-order valence-electron chi connectivity index (χ4n) is 0.915. The van der Waals surface area contributed by atoms with E-state index in [1.807, 2.05) is 0 Å². The first-order chi connectivity index (χ1) is 5.63. The van der Waals surface area contributed by atoms with Gasteiger partial charge in [-0.15, -0.1) is 9.60 Å². The summed E-state index contributed by atoms with van der Waals surface area (Å²) in [6.45, 7) is 2.04. The lowest BCUT2D eigenvalue weighted by Gasteiger charge is -2.17. The number of carboxylic acids is 1. The summed E-state index contributed by atoms with van der Waals surface area (Å²) >= 11 is 0. The van der Waals surface area contributed by atoms with Gasteiger partial charge >= 0.3 is 5.97 Å². The summed E-state index contributed by atoms with van der Waals surface area (Å²) < 4.78 is 12.8. The van der Waals surface area contributed by atoms with Gasteiger partial charge in [0.25, 0.3) is 0 Å². The second-order valence-corrected chi connectivity index (χ2v) is 2.50. The minimum Gasteiger partial charge on any atom is -0.480 e. The largest absolute Gasteiger partial charge is 0.480 e. The van der Waals surface area contributed by atoms with Crippen LogP contribution in [0.2, 0.25) is 0 Å². The van der Waals surface area contributed by atoms with Gasteiger partial charge in [0, 0.05) is 6.54 Å². The molecule has 0 aromatic carbocycles. The topological polar surface area (TPSA) is 66.6 Å². The summed E-state index contributed by atoms with van der Waals surface area (Å²) in [5, 5.41) is 8.90. The predicted molar refractivity (Wildman–Crippen MR) is 43.2 cm³/mol. The van der Waals surface area contributed by atoms with Crippen molar-refractivity contribution in [1.82, 2.24) is 5.12 Å². The quantitative estimate of drug-likeness (QED) is 0.577. The third kappa shape index (κ3) is 3.64. The van der Waals surface area contributed by atoms with Crippen LogP contribution < -0.4 is 5.73 Å². The molecule has 0 aromatic rings. The van der Waals surface area contributed by atoms with Crippen LogP contribution in [0.25, 0.3) is 0 Å². The van der Waals surface area contributed by atoms with Crippen molar-refractivity contribution < 1.29 is 14.4 Å². The molecule has 0 aliphatic heterocycles. The van der Waals surface area contributed by atoms with E-state index in [4.69, 9.17) is 10.8 Å². The number of nitrogens with two attached hydrogens (primary N) is 1. The summed E-state index contributed by atoms with van der Waals surface area (Å²) in [4.78, 5) is 10.5. The lowest BCUT2D eigenvalue weighted by molar-refractivity contribution is -0.151. The summed E-state index contributed by atoms with van der Waals surface area (Å²) in [6, 6.07) is -1.04. The minimum absolute atomic E-state index is 0.0849. The van der Waals surface area contributed by atoms with Crippen molar-refractivity contribution in [1.29, 1.82) is 0 Å². The Morgan fingerprint density at radius 1 is 1.75 bits per heavy atom. The normalized spacial score (nSPS) is 13.3. The summed E-state index contributed by atoms with van der Waals surface area (Å²) in [7, 11) is 0. The average molecular weight is 178 g/mol. The number of carboxylic acid groups (broad SMARTS) is 1. The molecule has 1 atom stereocenters. The van der Waals surface area contributed by atoms with Crippen molar-refractivity contribution in [3.8, 4) is 0 Å². The van der Waals surface area contributed by atoms with E-state index in [0.717, 1.165) is 0 Å². The van der Waals surface area contributed by atoms with Crippen LogP contribution in [0.3, 0.4) is 0 Å². The van der Waals surface area contributed by atoms with Crippen LogP contribution in [-0.4, -0.2) is 35.3 Å². The molecule has 0 fully saturated rings. The number of likely N-dealkylation sites (N-methyl/N-ethyl adjacent to an activating group) is 1. The molecule has 0 spiro atoms. The Morgan fingerprint density at radius 3 is 2.67 bits per heavy atom.